The maximum atomic E-state index is 13.2. The van der Waals surface area contributed by atoms with Gasteiger partial charge >= 0.3 is 0 Å². The lowest BCUT2D eigenvalue weighted by Gasteiger charge is -2.24. The molecule has 0 bridgehead atoms. The zero-order valence-electron chi connectivity index (χ0n) is 21.4. The van der Waals surface area contributed by atoms with E-state index in [1.54, 1.807) is 19.9 Å². The van der Waals surface area contributed by atoms with Crippen LogP contribution in [0.1, 0.15) is 58.9 Å². The Kier molecular flexibility index (Phi) is 8.90. The normalized spacial score (nSPS) is 12.9. The highest BCUT2D eigenvalue weighted by Gasteiger charge is 2.31. The summed E-state index contributed by atoms with van der Waals surface area (Å²) >= 11 is 0. The molecule has 5 N–H and O–H groups in total. The molecule has 8 heteroatoms. The number of ketones is 1. The topological polar surface area (TPSA) is 132 Å². The highest BCUT2D eigenvalue weighted by atomic mass is 16.3. The first-order chi connectivity index (χ1) is 17.6. The van der Waals surface area contributed by atoms with Crippen LogP contribution in [0, 0.1) is 19.8 Å². The van der Waals surface area contributed by atoms with Crippen LogP contribution in [0.4, 0.5) is 0 Å². The van der Waals surface area contributed by atoms with E-state index < -0.39 is 29.7 Å². The summed E-state index contributed by atoms with van der Waals surface area (Å²) in [5.74, 6) is -2.37. The van der Waals surface area contributed by atoms with Crippen molar-refractivity contribution in [3.63, 3.8) is 0 Å². The number of carbonyl (C=O) groups excluding carboxylic acids is 3. The van der Waals surface area contributed by atoms with E-state index in [9.17, 15) is 24.6 Å². The zero-order valence-corrected chi connectivity index (χ0v) is 21.4. The highest BCUT2D eigenvalue weighted by molar-refractivity contribution is 6.05. The van der Waals surface area contributed by atoms with Gasteiger partial charge in [-0.05, 0) is 37.0 Å². The lowest BCUT2D eigenvalue weighted by atomic mass is 9.93. The maximum absolute atomic E-state index is 13.2. The summed E-state index contributed by atoms with van der Waals surface area (Å²) in [7, 11) is 0. The molecule has 1 aromatic heterocycles. The number of H-pyrrole nitrogens is 1. The smallest absolute Gasteiger partial charge is 0.244 e. The molecule has 37 heavy (non-hydrogen) atoms. The third-order valence-electron chi connectivity index (χ3n) is 6.13. The summed E-state index contributed by atoms with van der Waals surface area (Å²) < 4.78 is 0. The number of rotatable bonds is 10. The average molecular weight is 504 g/mol. The lowest BCUT2D eigenvalue weighted by Crippen LogP contribution is -2.45. The van der Waals surface area contributed by atoms with Gasteiger partial charge in [0.05, 0.1) is 24.1 Å². The minimum absolute atomic E-state index is 0.0639. The number of amides is 2. The fourth-order valence-electron chi connectivity index (χ4n) is 3.98. The summed E-state index contributed by atoms with van der Waals surface area (Å²) in [6, 6.07) is 15.3. The second-order valence-electron chi connectivity index (χ2n) is 9.40. The molecule has 1 heterocycles. The predicted octanol–water partition coefficient (Wildman–Crippen LogP) is 4.33. The van der Waals surface area contributed by atoms with Crippen LogP contribution in [-0.2, 0) is 9.59 Å². The van der Waals surface area contributed by atoms with Crippen molar-refractivity contribution < 1.29 is 24.6 Å². The highest BCUT2D eigenvalue weighted by Crippen LogP contribution is 2.30. The summed E-state index contributed by atoms with van der Waals surface area (Å²) in [5, 5.41) is 25.6. The molecule has 0 radical (unpaired) electrons. The number of aryl methyl sites for hydroxylation is 1. The van der Waals surface area contributed by atoms with Gasteiger partial charge in [-0.15, -0.1) is 0 Å². The van der Waals surface area contributed by atoms with Gasteiger partial charge in [-0.3, -0.25) is 19.4 Å². The maximum Gasteiger partial charge on any atom is 0.244 e. The van der Waals surface area contributed by atoms with Crippen molar-refractivity contribution in [3.8, 4) is 11.8 Å². The van der Waals surface area contributed by atoms with Crippen LogP contribution < -0.4 is 10.6 Å². The SMILES string of the molecule is Cc1ccc(C(CC(=O)N[C@H](C(=O)c2c(O)[nH]c(O)c2C)C(C)C)NC(=O)C=Cc2ccccc2)cc1. The molecule has 2 aromatic carbocycles. The molecular formula is C29H33N3O5. The Morgan fingerprint density at radius 2 is 1.57 bits per heavy atom. The van der Waals surface area contributed by atoms with Gasteiger partial charge in [-0.2, -0.15) is 0 Å². The van der Waals surface area contributed by atoms with Crippen LogP contribution in [0.3, 0.4) is 0 Å². The Balaban J connectivity index is 1.78. The minimum atomic E-state index is -0.945. The molecule has 2 amide bonds. The molecule has 0 aliphatic rings. The Hall–Kier alpha value is -4.33. The van der Waals surface area contributed by atoms with E-state index in [2.05, 4.69) is 15.6 Å². The fraction of sp³-hybridized carbons (Fsp3) is 0.276. The van der Waals surface area contributed by atoms with Crippen molar-refractivity contribution in [1.29, 1.82) is 0 Å². The fourth-order valence-corrected chi connectivity index (χ4v) is 3.98. The van der Waals surface area contributed by atoms with E-state index in [1.165, 1.54) is 13.0 Å². The number of hydrogen-bond donors (Lipinski definition) is 5. The van der Waals surface area contributed by atoms with Gasteiger partial charge < -0.3 is 20.8 Å². The van der Waals surface area contributed by atoms with E-state index in [0.717, 1.165) is 16.7 Å². The quantitative estimate of drug-likeness (QED) is 0.208. The van der Waals surface area contributed by atoms with Gasteiger partial charge in [0.15, 0.2) is 11.7 Å². The molecule has 0 saturated heterocycles. The van der Waals surface area contributed by atoms with Gasteiger partial charge in [0, 0.05) is 11.6 Å². The monoisotopic (exact) mass is 503 g/mol. The molecule has 1 unspecified atom stereocenters. The second-order valence-corrected chi connectivity index (χ2v) is 9.40. The third-order valence-corrected chi connectivity index (χ3v) is 6.13. The van der Waals surface area contributed by atoms with Crippen LogP contribution >= 0.6 is 0 Å². The van der Waals surface area contributed by atoms with Crippen LogP contribution in [0.15, 0.2) is 60.7 Å². The predicted molar refractivity (Wildman–Crippen MR) is 142 cm³/mol. The number of aromatic amines is 1. The molecule has 3 aromatic rings. The molecule has 194 valence electrons. The summed E-state index contributed by atoms with van der Waals surface area (Å²) in [5.41, 5.74) is 2.80. The largest absolute Gasteiger partial charge is 0.494 e. The van der Waals surface area contributed by atoms with Crippen LogP contribution in [0.2, 0.25) is 0 Å². The van der Waals surface area contributed by atoms with Crippen molar-refractivity contribution in [2.24, 2.45) is 5.92 Å². The van der Waals surface area contributed by atoms with Crippen molar-refractivity contribution in [3.05, 3.63) is 88.5 Å². The standard InChI is InChI=1S/C29H33N3O5/c1-17(2)26(27(35)25-19(4)28(36)32-29(25)37)31-24(34)16-22(21-13-10-18(3)11-14-21)30-23(33)15-12-20-8-6-5-7-9-20/h5-15,17,22,26,32,36-37H,16H2,1-4H3,(H,30,33)(H,31,34)/t22?,26-/m0/s1. The van der Waals surface area contributed by atoms with Crippen molar-refractivity contribution >= 4 is 23.7 Å². The molecule has 2 atom stereocenters. The minimum Gasteiger partial charge on any atom is -0.494 e. The second kappa shape index (κ2) is 12.1. The Labute approximate surface area is 216 Å². The first-order valence-electron chi connectivity index (χ1n) is 12.1. The van der Waals surface area contributed by atoms with Gasteiger partial charge in [0.2, 0.25) is 17.7 Å². The van der Waals surface area contributed by atoms with Gasteiger partial charge in [-0.1, -0.05) is 74.0 Å². The van der Waals surface area contributed by atoms with Crippen molar-refractivity contribution in [1.82, 2.24) is 15.6 Å². The molecule has 0 fully saturated rings. The summed E-state index contributed by atoms with van der Waals surface area (Å²) in [4.78, 5) is 41.4. The molecule has 3 rings (SSSR count). The zero-order chi connectivity index (χ0) is 27.1. The van der Waals surface area contributed by atoms with Crippen molar-refractivity contribution in [2.75, 3.05) is 0 Å². The van der Waals surface area contributed by atoms with Crippen LogP contribution in [-0.4, -0.2) is 38.8 Å². The average Bonchev–Trinajstić information content (AvgIpc) is 3.12. The van der Waals surface area contributed by atoms with Gasteiger partial charge in [0.1, 0.15) is 0 Å². The Morgan fingerprint density at radius 1 is 0.919 bits per heavy atom. The van der Waals surface area contributed by atoms with E-state index >= 15 is 0 Å². The van der Waals surface area contributed by atoms with Crippen LogP contribution in [0.5, 0.6) is 11.8 Å². The molecule has 8 nitrogen and oxygen atoms in total. The molecular weight excluding hydrogens is 470 g/mol. The Bertz CT molecular complexity index is 1280. The van der Waals surface area contributed by atoms with E-state index in [0.29, 0.717) is 0 Å². The number of carbonyl (C=O) groups is 3. The lowest BCUT2D eigenvalue weighted by molar-refractivity contribution is -0.123. The number of aromatic hydroxyl groups is 2. The number of nitrogens with one attached hydrogen (secondary N) is 3. The summed E-state index contributed by atoms with van der Waals surface area (Å²) in [6.45, 7) is 7.00. The number of hydrogen-bond acceptors (Lipinski definition) is 5. The van der Waals surface area contributed by atoms with Crippen molar-refractivity contribution in [2.45, 2.75) is 46.2 Å². The Morgan fingerprint density at radius 3 is 2.14 bits per heavy atom. The van der Waals surface area contributed by atoms with E-state index in [4.69, 9.17) is 0 Å². The first-order valence-corrected chi connectivity index (χ1v) is 12.1. The van der Waals surface area contributed by atoms with E-state index in [1.807, 2.05) is 61.5 Å². The van der Waals surface area contributed by atoms with E-state index in [-0.39, 0.29) is 35.3 Å². The molecule has 0 spiro atoms. The van der Waals surface area contributed by atoms with Gasteiger partial charge in [-0.25, -0.2) is 0 Å². The van der Waals surface area contributed by atoms with Gasteiger partial charge in [0.25, 0.3) is 0 Å². The third kappa shape index (κ3) is 7.10. The summed E-state index contributed by atoms with van der Waals surface area (Å²) in [6.07, 6.45) is 3.00. The molecule has 0 aliphatic heterocycles. The molecule has 0 saturated carbocycles. The number of aromatic nitrogens is 1. The first kappa shape index (κ1) is 27.3. The molecule has 0 aliphatic carbocycles. The number of Topliss-reactive ketones (excluding diaryl/α,β-unsaturated/α-hetero) is 1. The number of benzene rings is 2. The van der Waals surface area contributed by atoms with Crippen LogP contribution in [0.25, 0.3) is 6.08 Å².